The standard InChI is InChI=1S/C9H10N4S/c10-8(9-6-12-14-13-9)4-7-2-1-3-11-5-7/h1-3,5-6,8H,4,10H2. The van der Waals surface area contributed by atoms with E-state index in [4.69, 9.17) is 5.73 Å². The highest BCUT2D eigenvalue weighted by atomic mass is 32.1. The Hall–Kier alpha value is -1.33. The zero-order valence-electron chi connectivity index (χ0n) is 7.50. The van der Waals surface area contributed by atoms with Crippen LogP contribution in [0.25, 0.3) is 0 Å². The lowest BCUT2D eigenvalue weighted by Crippen LogP contribution is -2.13. The summed E-state index contributed by atoms with van der Waals surface area (Å²) in [7, 11) is 0. The average Bonchev–Trinajstić information content (AvgIpc) is 2.72. The Bertz CT molecular complexity index is 373. The summed E-state index contributed by atoms with van der Waals surface area (Å²) in [5.41, 5.74) is 7.91. The molecule has 0 saturated carbocycles. The van der Waals surface area contributed by atoms with Crippen LogP contribution in [0.3, 0.4) is 0 Å². The lowest BCUT2D eigenvalue weighted by molar-refractivity contribution is 0.702. The number of aromatic nitrogens is 3. The maximum absolute atomic E-state index is 5.95. The summed E-state index contributed by atoms with van der Waals surface area (Å²) < 4.78 is 8.02. The van der Waals surface area contributed by atoms with E-state index >= 15 is 0 Å². The van der Waals surface area contributed by atoms with Gasteiger partial charge >= 0.3 is 0 Å². The number of hydrogen-bond acceptors (Lipinski definition) is 5. The van der Waals surface area contributed by atoms with Crippen molar-refractivity contribution in [3.8, 4) is 0 Å². The second-order valence-electron chi connectivity index (χ2n) is 3.00. The van der Waals surface area contributed by atoms with Crippen molar-refractivity contribution in [2.75, 3.05) is 0 Å². The van der Waals surface area contributed by atoms with Gasteiger partial charge in [0.1, 0.15) is 0 Å². The fraction of sp³-hybridized carbons (Fsp3) is 0.222. The molecule has 2 aromatic rings. The summed E-state index contributed by atoms with van der Waals surface area (Å²) in [6, 6.07) is 3.83. The predicted octanol–water partition coefficient (Wildman–Crippen LogP) is 1.18. The van der Waals surface area contributed by atoms with E-state index < -0.39 is 0 Å². The minimum atomic E-state index is -0.0852. The molecule has 0 aromatic carbocycles. The molecule has 0 amide bonds. The molecule has 5 heteroatoms. The van der Waals surface area contributed by atoms with Crippen LogP contribution in [-0.2, 0) is 6.42 Å². The first kappa shape index (κ1) is 9.23. The first-order chi connectivity index (χ1) is 6.86. The zero-order valence-corrected chi connectivity index (χ0v) is 8.31. The van der Waals surface area contributed by atoms with Crippen molar-refractivity contribution in [3.63, 3.8) is 0 Å². The summed E-state index contributed by atoms with van der Waals surface area (Å²) in [5, 5.41) is 0. The summed E-state index contributed by atoms with van der Waals surface area (Å²) in [6.07, 6.45) is 6.03. The Morgan fingerprint density at radius 3 is 3.00 bits per heavy atom. The molecule has 0 aliphatic rings. The van der Waals surface area contributed by atoms with E-state index in [9.17, 15) is 0 Å². The summed E-state index contributed by atoms with van der Waals surface area (Å²) in [4.78, 5) is 4.03. The van der Waals surface area contributed by atoms with Gasteiger partial charge in [-0.1, -0.05) is 6.07 Å². The Balaban J connectivity index is 2.06. The molecule has 14 heavy (non-hydrogen) atoms. The lowest BCUT2D eigenvalue weighted by Gasteiger charge is -2.06. The Morgan fingerprint density at radius 2 is 2.36 bits per heavy atom. The molecular formula is C9H10N4S. The number of pyridine rings is 1. The van der Waals surface area contributed by atoms with E-state index in [1.807, 2.05) is 18.3 Å². The van der Waals surface area contributed by atoms with Crippen LogP contribution in [0.1, 0.15) is 17.3 Å². The molecule has 1 unspecified atom stereocenters. The third-order valence-electron chi connectivity index (χ3n) is 1.94. The molecule has 0 radical (unpaired) electrons. The van der Waals surface area contributed by atoms with E-state index in [1.165, 1.54) is 11.7 Å². The van der Waals surface area contributed by atoms with Crippen LogP contribution in [0, 0.1) is 0 Å². The van der Waals surface area contributed by atoms with E-state index in [2.05, 4.69) is 13.7 Å². The SMILES string of the molecule is NC(Cc1cccnc1)c1cnsn1. The lowest BCUT2D eigenvalue weighted by atomic mass is 10.1. The van der Waals surface area contributed by atoms with Gasteiger partial charge in [-0.15, -0.1) is 0 Å². The molecule has 2 heterocycles. The van der Waals surface area contributed by atoms with Crippen molar-refractivity contribution in [1.29, 1.82) is 0 Å². The summed E-state index contributed by atoms with van der Waals surface area (Å²) in [5.74, 6) is 0. The molecule has 0 aliphatic carbocycles. The van der Waals surface area contributed by atoms with Crippen molar-refractivity contribution in [2.24, 2.45) is 5.73 Å². The molecule has 72 valence electrons. The average molecular weight is 206 g/mol. The van der Waals surface area contributed by atoms with Gasteiger partial charge in [-0.2, -0.15) is 8.75 Å². The van der Waals surface area contributed by atoms with Crippen LogP contribution >= 0.6 is 11.7 Å². The quantitative estimate of drug-likeness (QED) is 0.818. The third-order valence-corrected chi connectivity index (χ3v) is 2.43. The summed E-state index contributed by atoms with van der Waals surface area (Å²) >= 11 is 1.18. The fourth-order valence-electron chi connectivity index (χ4n) is 1.21. The maximum Gasteiger partial charge on any atom is 0.0913 e. The molecule has 2 N–H and O–H groups in total. The van der Waals surface area contributed by atoms with E-state index in [1.54, 1.807) is 12.4 Å². The van der Waals surface area contributed by atoms with Gasteiger partial charge in [0.25, 0.3) is 0 Å². The van der Waals surface area contributed by atoms with Gasteiger partial charge < -0.3 is 5.73 Å². The van der Waals surface area contributed by atoms with Gasteiger partial charge in [-0.05, 0) is 18.1 Å². The third kappa shape index (κ3) is 2.12. The summed E-state index contributed by atoms with van der Waals surface area (Å²) in [6.45, 7) is 0. The van der Waals surface area contributed by atoms with Crippen LogP contribution in [0.5, 0.6) is 0 Å². The second kappa shape index (κ2) is 4.26. The van der Waals surface area contributed by atoms with E-state index in [-0.39, 0.29) is 6.04 Å². The molecule has 1 atom stereocenters. The van der Waals surface area contributed by atoms with Crippen LogP contribution in [0.15, 0.2) is 30.7 Å². The molecule has 0 saturated heterocycles. The first-order valence-electron chi connectivity index (χ1n) is 4.28. The van der Waals surface area contributed by atoms with Crippen LogP contribution < -0.4 is 5.73 Å². The highest BCUT2D eigenvalue weighted by Crippen LogP contribution is 2.12. The number of rotatable bonds is 3. The molecule has 2 aromatic heterocycles. The largest absolute Gasteiger partial charge is 0.322 e. The minimum Gasteiger partial charge on any atom is -0.322 e. The topological polar surface area (TPSA) is 64.7 Å². The first-order valence-corrected chi connectivity index (χ1v) is 5.01. The number of nitrogens with zero attached hydrogens (tertiary/aromatic N) is 3. The minimum absolute atomic E-state index is 0.0852. The maximum atomic E-state index is 5.95. The van der Waals surface area contributed by atoms with Crippen LogP contribution in [0.4, 0.5) is 0 Å². The van der Waals surface area contributed by atoms with Gasteiger partial charge in [0.2, 0.25) is 0 Å². The van der Waals surface area contributed by atoms with Crippen molar-refractivity contribution < 1.29 is 0 Å². The fourth-order valence-corrected chi connectivity index (χ4v) is 1.69. The normalized spacial score (nSPS) is 12.6. The van der Waals surface area contributed by atoms with Gasteiger partial charge in [0.15, 0.2) is 0 Å². The number of hydrogen-bond donors (Lipinski definition) is 1. The monoisotopic (exact) mass is 206 g/mol. The van der Waals surface area contributed by atoms with Crippen molar-refractivity contribution in [1.82, 2.24) is 13.7 Å². The van der Waals surface area contributed by atoms with Gasteiger partial charge in [0, 0.05) is 12.4 Å². The Kier molecular flexibility index (Phi) is 2.81. The van der Waals surface area contributed by atoms with Gasteiger partial charge in [-0.3, -0.25) is 4.98 Å². The van der Waals surface area contributed by atoms with Crippen molar-refractivity contribution >= 4 is 11.7 Å². The molecule has 0 fully saturated rings. The van der Waals surface area contributed by atoms with Gasteiger partial charge in [0.05, 0.1) is 29.7 Å². The molecule has 2 rings (SSSR count). The number of nitrogens with two attached hydrogens (primary N) is 1. The Labute approximate surface area is 86.1 Å². The smallest absolute Gasteiger partial charge is 0.0913 e. The zero-order chi connectivity index (χ0) is 9.80. The Morgan fingerprint density at radius 1 is 1.43 bits per heavy atom. The van der Waals surface area contributed by atoms with Crippen LogP contribution in [-0.4, -0.2) is 13.7 Å². The molecule has 0 aliphatic heterocycles. The van der Waals surface area contributed by atoms with Crippen molar-refractivity contribution in [3.05, 3.63) is 42.0 Å². The molecule has 0 spiro atoms. The van der Waals surface area contributed by atoms with Crippen LogP contribution in [0.2, 0.25) is 0 Å². The molecule has 4 nitrogen and oxygen atoms in total. The van der Waals surface area contributed by atoms with Gasteiger partial charge in [-0.25, -0.2) is 0 Å². The molecular weight excluding hydrogens is 196 g/mol. The highest BCUT2D eigenvalue weighted by molar-refractivity contribution is 6.99. The van der Waals surface area contributed by atoms with E-state index in [0.717, 1.165) is 17.7 Å². The highest BCUT2D eigenvalue weighted by Gasteiger charge is 2.09. The van der Waals surface area contributed by atoms with E-state index in [0.29, 0.717) is 0 Å². The van der Waals surface area contributed by atoms with Crippen molar-refractivity contribution in [2.45, 2.75) is 12.5 Å². The predicted molar refractivity (Wildman–Crippen MR) is 54.8 cm³/mol. The molecule has 0 bridgehead atoms. The second-order valence-corrected chi connectivity index (χ2v) is 3.56.